The molecule has 0 amide bonds. The molecule has 2 aromatic rings. The molecule has 0 N–H and O–H groups in total. The molecule has 15 heavy (non-hydrogen) atoms. The molecule has 0 aromatic carbocycles. The van der Waals surface area contributed by atoms with Gasteiger partial charge in [-0.2, -0.15) is 0 Å². The number of aromatic nitrogens is 3. The molecule has 0 bridgehead atoms. The van der Waals surface area contributed by atoms with Crippen LogP contribution in [0, 0.1) is 0 Å². The van der Waals surface area contributed by atoms with Crippen molar-refractivity contribution in [3.05, 3.63) is 29.6 Å². The van der Waals surface area contributed by atoms with Crippen LogP contribution in [-0.2, 0) is 16.0 Å². The van der Waals surface area contributed by atoms with Crippen molar-refractivity contribution in [1.82, 2.24) is 14.4 Å². The van der Waals surface area contributed by atoms with Crippen LogP contribution in [0.15, 0.2) is 18.6 Å². The molecule has 0 spiro atoms. The van der Waals surface area contributed by atoms with E-state index in [9.17, 15) is 4.79 Å². The first-order valence-corrected chi connectivity index (χ1v) is 4.63. The summed E-state index contributed by atoms with van der Waals surface area (Å²) in [6, 6.07) is 0. The second-order valence-corrected chi connectivity index (χ2v) is 3.26. The third-order valence-electron chi connectivity index (χ3n) is 2.02. The van der Waals surface area contributed by atoms with E-state index in [0.717, 1.165) is 0 Å². The van der Waals surface area contributed by atoms with Gasteiger partial charge in [-0.05, 0) is 0 Å². The standard InChI is InChI=1S/C9H8ClN3O2/c1-15-8(14)4-7-12-5-6-9(10)11-2-3-13(6)7/h2-3,5H,4H2,1H3. The van der Waals surface area contributed by atoms with Gasteiger partial charge in [-0.1, -0.05) is 11.6 Å². The topological polar surface area (TPSA) is 56.5 Å². The average molecular weight is 226 g/mol. The highest BCUT2D eigenvalue weighted by Crippen LogP contribution is 2.15. The Kier molecular flexibility index (Phi) is 2.55. The largest absolute Gasteiger partial charge is 0.469 e. The molecule has 0 atom stereocenters. The zero-order chi connectivity index (χ0) is 10.8. The van der Waals surface area contributed by atoms with Gasteiger partial charge < -0.3 is 4.74 Å². The van der Waals surface area contributed by atoms with E-state index in [4.69, 9.17) is 11.6 Å². The number of esters is 1. The predicted molar refractivity (Wildman–Crippen MR) is 53.7 cm³/mol. The van der Waals surface area contributed by atoms with Crippen LogP contribution in [0.3, 0.4) is 0 Å². The molecule has 0 unspecified atom stereocenters. The number of carbonyl (C=O) groups excluding carboxylic acids is 1. The SMILES string of the molecule is COC(=O)Cc1ncc2c(Cl)nccn12. The lowest BCUT2D eigenvalue weighted by Crippen LogP contribution is -2.07. The number of carbonyl (C=O) groups is 1. The van der Waals surface area contributed by atoms with E-state index in [1.807, 2.05) is 0 Å². The van der Waals surface area contributed by atoms with E-state index >= 15 is 0 Å². The second-order valence-electron chi connectivity index (χ2n) is 2.90. The van der Waals surface area contributed by atoms with Crippen molar-refractivity contribution in [2.24, 2.45) is 0 Å². The lowest BCUT2D eigenvalue weighted by molar-refractivity contribution is -0.139. The molecule has 0 aliphatic heterocycles. The fourth-order valence-corrected chi connectivity index (χ4v) is 1.48. The number of hydrogen-bond acceptors (Lipinski definition) is 4. The van der Waals surface area contributed by atoms with Crippen LogP contribution in [0.25, 0.3) is 5.52 Å². The van der Waals surface area contributed by atoms with Crippen LogP contribution in [0.4, 0.5) is 0 Å². The van der Waals surface area contributed by atoms with Gasteiger partial charge in [0.15, 0.2) is 5.15 Å². The molecule has 78 valence electrons. The van der Waals surface area contributed by atoms with Gasteiger partial charge in [0.2, 0.25) is 0 Å². The van der Waals surface area contributed by atoms with Gasteiger partial charge in [-0.25, -0.2) is 9.97 Å². The summed E-state index contributed by atoms with van der Waals surface area (Å²) in [6.07, 6.45) is 4.95. The van der Waals surface area contributed by atoms with Crippen LogP contribution >= 0.6 is 11.6 Å². The number of methoxy groups -OCH3 is 1. The Morgan fingerprint density at radius 1 is 1.60 bits per heavy atom. The maximum absolute atomic E-state index is 11.1. The Morgan fingerprint density at radius 2 is 2.40 bits per heavy atom. The third kappa shape index (κ3) is 1.78. The minimum Gasteiger partial charge on any atom is -0.469 e. The lowest BCUT2D eigenvalue weighted by Gasteiger charge is -2.00. The zero-order valence-electron chi connectivity index (χ0n) is 7.98. The van der Waals surface area contributed by atoms with Crippen molar-refractivity contribution >= 4 is 23.1 Å². The Balaban J connectivity index is 2.45. The molecule has 0 saturated carbocycles. The monoisotopic (exact) mass is 225 g/mol. The summed E-state index contributed by atoms with van der Waals surface area (Å²) in [6.45, 7) is 0. The average Bonchev–Trinajstić information content (AvgIpc) is 2.63. The third-order valence-corrected chi connectivity index (χ3v) is 2.31. The molecule has 6 heteroatoms. The summed E-state index contributed by atoms with van der Waals surface area (Å²) in [4.78, 5) is 19.1. The zero-order valence-corrected chi connectivity index (χ0v) is 8.73. The first-order valence-electron chi connectivity index (χ1n) is 4.25. The second kappa shape index (κ2) is 3.86. The summed E-state index contributed by atoms with van der Waals surface area (Å²) >= 11 is 5.85. The number of fused-ring (bicyclic) bond motifs is 1. The summed E-state index contributed by atoms with van der Waals surface area (Å²) in [5.74, 6) is 0.247. The van der Waals surface area contributed by atoms with E-state index in [-0.39, 0.29) is 12.4 Å². The van der Waals surface area contributed by atoms with Crippen molar-refractivity contribution in [3.63, 3.8) is 0 Å². The van der Waals surface area contributed by atoms with Crippen molar-refractivity contribution in [3.8, 4) is 0 Å². The fraction of sp³-hybridized carbons (Fsp3) is 0.222. The number of halogens is 1. The Labute approximate surface area is 90.7 Å². The van der Waals surface area contributed by atoms with Crippen molar-refractivity contribution < 1.29 is 9.53 Å². The molecular weight excluding hydrogens is 218 g/mol. The van der Waals surface area contributed by atoms with Crippen molar-refractivity contribution in [1.29, 1.82) is 0 Å². The molecule has 0 fully saturated rings. The molecule has 2 heterocycles. The van der Waals surface area contributed by atoms with Crippen LogP contribution in [0.2, 0.25) is 5.15 Å². The molecule has 5 nitrogen and oxygen atoms in total. The summed E-state index contributed by atoms with van der Waals surface area (Å²) in [5.41, 5.74) is 0.679. The van der Waals surface area contributed by atoms with Crippen LogP contribution in [0.1, 0.15) is 5.82 Å². The van der Waals surface area contributed by atoms with Crippen LogP contribution in [0.5, 0.6) is 0 Å². The minimum absolute atomic E-state index is 0.116. The molecule has 0 aliphatic carbocycles. The van der Waals surface area contributed by atoms with Crippen LogP contribution < -0.4 is 0 Å². The van der Waals surface area contributed by atoms with E-state index in [1.165, 1.54) is 7.11 Å². The van der Waals surface area contributed by atoms with Gasteiger partial charge in [0.1, 0.15) is 17.8 Å². The highest BCUT2D eigenvalue weighted by atomic mass is 35.5. The first kappa shape index (κ1) is 9.92. The molecule has 0 saturated heterocycles. The summed E-state index contributed by atoms with van der Waals surface area (Å²) in [7, 11) is 1.34. The van der Waals surface area contributed by atoms with Gasteiger partial charge in [0.25, 0.3) is 0 Å². The molecule has 0 radical (unpaired) electrons. The number of imidazole rings is 1. The van der Waals surface area contributed by atoms with Gasteiger partial charge >= 0.3 is 5.97 Å². The molecule has 0 aliphatic rings. The number of rotatable bonds is 2. The van der Waals surface area contributed by atoms with Gasteiger partial charge in [0.05, 0.1) is 13.3 Å². The summed E-state index contributed by atoms with van der Waals surface area (Å²) < 4.78 is 6.28. The maximum atomic E-state index is 11.1. The Bertz CT molecular complexity index is 509. The first-order chi connectivity index (χ1) is 7.22. The van der Waals surface area contributed by atoms with Crippen molar-refractivity contribution in [2.45, 2.75) is 6.42 Å². The Morgan fingerprint density at radius 3 is 3.13 bits per heavy atom. The predicted octanol–water partition coefficient (Wildman–Crippen LogP) is 1.10. The fourth-order valence-electron chi connectivity index (χ4n) is 1.28. The molecule has 2 rings (SSSR count). The maximum Gasteiger partial charge on any atom is 0.313 e. The van der Waals surface area contributed by atoms with Crippen LogP contribution in [-0.4, -0.2) is 27.4 Å². The van der Waals surface area contributed by atoms with E-state index in [2.05, 4.69) is 14.7 Å². The van der Waals surface area contributed by atoms with E-state index < -0.39 is 0 Å². The quantitative estimate of drug-likeness (QED) is 0.719. The lowest BCUT2D eigenvalue weighted by atomic mass is 10.4. The number of hydrogen-bond donors (Lipinski definition) is 0. The van der Waals surface area contributed by atoms with Gasteiger partial charge in [-0.15, -0.1) is 0 Å². The van der Waals surface area contributed by atoms with Gasteiger partial charge in [-0.3, -0.25) is 9.20 Å². The minimum atomic E-state index is -0.338. The summed E-state index contributed by atoms with van der Waals surface area (Å²) in [5, 5.41) is 0.362. The van der Waals surface area contributed by atoms with E-state index in [1.54, 1.807) is 23.0 Å². The number of ether oxygens (including phenoxy) is 1. The highest BCUT2D eigenvalue weighted by molar-refractivity contribution is 6.32. The van der Waals surface area contributed by atoms with Crippen molar-refractivity contribution in [2.75, 3.05) is 7.11 Å². The van der Waals surface area contributed by atoms with Gasteiger partial charge in [0, 0.05) is 12.4 Å². The highest BCUT2D eigenvalue weighted by Gasteiger charge is 2.10. The number of nitrogens with zero attached hydrogens (tertiary/aromatic N) is 3. The molecular formula is C9H8ClN3O2. The Hall–Kier alpha value is -1.62. The van der Waals surface area contributed by atoms with E-state index in [0.29, 0.717) is 16.5 Å². The smallest absolute Gasteiger partial charge is 0.313 e. The molecule has 2 aromatic heterocycles. The normalized spacial score (nSPS) is 10.5.